The van der Waals surface area contributed by atoms with Gasteiger partial charge in [0.15, 0.2) is 0 Å². The second kappa shape index (κ2) is 6.99. The minimum absolute atomic E-state index is 0.191. The van der Waals surface area contributed by atoms with E-state index in [4.69, 9.17) is 0 Å². The van der Waals surface area contributed by atoms with Crippen LogP contribution in [0.5, 0.6) is 0 Å². The van der Waals surface area contributed by atoms with E-state index >= 15 is 0 Å². The van der Waals surface area contributed by atoms with Crippen molar-refractivity contribution in [2.24, 2.45) is 5.92 Å². The van der Waals surface area contributed by atoms with Gasteiger partial charge in [0.05, 0.1) is 6.33 Å². The van der Waals surface area contributed by atoms with Crippen LogP contribution in [0.25, 0.3) is 0 Å². The first-order chi connectivity index (χ1) is 13.2. The van der Waals surface area contributed by atoms with Crippen molar-refractivity contribution in [2.45, 2.75) is 43.8 Å². The number of halogens is 2. The molecular formula is C21H26F2N4. The van der Waals surface area contributed by atoms with E-state index in [1.54, 1.807) is 12.1 Å². The molecular weight excluding hydrogens is 346 g/mol. The van der Waals surface area contributed by atoms with E-state index in [-0.39, 0.29) is 5.92 Å². The van der Waals surface area contributed by atoms with Gasteiger partial charge in [-0.2, -0.15) is 0 Å². The second-order valence-corrected chi connectivity index (χ2v) is 8.31. The summed E-state index contributed by atoms with van der Waals surface area (Å²) in [7, 11) is 0. The third-order valence-corrected chi connectivity index (χ3v) is 6.83. The average molecular weight is 372 g/mol. The van der Waals surface area contributed by atoms with Crippen molar-refractivity contribution in [3.8, 4) is 0 Å². The molecule has 2 aromatic rings. The Balaban J connectivity index is 1.38. The molecule has 0 N–H and O–H groups in total. The first-order valence-corrected chi connectivity index (χ1v) is 10.1. The highest BCUT2D eigenvalue weighted by atomic mass is 19.1. The van der Waals surface area contributed by atoms with E-state index in [0.717, 1.165) is 56.7 Å². The molecule has 4 nitrogen and oxygen atoms in total. The molecule has 1 aromatic heterocycles. The number of fused-ring (bicyclic) bond motifs is 2. The van der Waals surface area contributed by atoms with E-state index in [2.05, 4.69) is 19.4 Å². The van der Waals surface area contributed by atoms with Crippen LogP contribution in [-0.4, -0.2) is 57.6 Å². The normalized spacial score (nSPS) is 32.7. The summed E-state index contributed by atoms with van der Waals surface area (Å²) in [6.07, 6.45) is 9.25. The van der Waals surface area contributed by atoms with Gasteiger partial charge in [-0.1, -0.05) is 0 Å². The van der Waals surface area contributed by atoms with Gasteiger partial charge in [-0.15, -0.1) is 0 Å². The van der Waals surface area contributed by atoms with Crippen LogP contribution < -0.4 is 0 Å². The molecule has 27 heavy (non-hydrogen) atoms. The van der Waals surface area contributed by atoms with Gasteiger partial charge in [0.2, 0.25) is 0 Å². The van der Waals surface area contributed by atoms with Crippen LogP contribution in [0.1, 0.15) is 30.7 Å². The molecule has 0 spiro atoms. The number of rotatable bonds is 5. The maximum Gasteiger partial charge on any atom is 0.126 e. The highest BCUT2D eigenvalue weighted by Crippen LogP contribution is 2.46. The molecule has 144 valence electrons. The van der Waals surface area contributed by atoms with Crippen molar-refractivity contribution < 1.29 is 8.78 Å². The second-order valence-electron chi connectivity index (χ2n) is 8.31. The molecule has 3 atom stereocenters. The molecule has 6 heteroatoms. The lowest BCUT2D eigenvalue weighted by Crippen LogP contribution is -2.60. The maximum atomic E-state index is 13.9. The maximum absolute atomic E-state index is 13.9. The molecule has 5 heterocycles. The van der Waals surface area contributed by atoms with Crippen molar-refractivity contribution in [2.75, 3.05) is 26.2 Å². The van der Waals surface area contributed by atoms with Crippen molar-refractivity contribution >= 4 is 0 Å². The number of nitrogens with zero attached hydrogens (tertiary/aromatic N) is 4. The monoisotopic (exact) mass is 372 g/mol. The Morgan fingerprint density at radius 2 is 1.78 bits per heavy atom. The molecule has 4 aliphatic rings. The van der Waals surface area contributed by atoms with Crippen molar-refractivity contribution in [1.82, 2.24) is 19.4 Å². The summed E-state index contributed by atoms with van der Waals surface area (Å²) in [6.45, 7) is 5.14. The molecule has 4 aliphatic heterocycles. The molecule has 1 aromatic carbocycles. The smallest absolute Gasteiger partial charge is 0.126 e. The zero-order valence-electron chi connectivity index (χ0n) is 15.5. The van der Waals surface area contributed by atoms with Gasteiger partial charge in [-0.3, -0.25) is 9.80 Å². The Bertz CT molecular complexity index is 765. The number of piperidine rings is 3. The molecule has 4 fully saturated rings. The van der Waals surface area contributed by atoms with Gasteiger partial charge < -0.3 is 4.57 Å². The van der Waals surface area contributed by atoms with Crippen LogP contribution in [0.15, 0.2) is 36.9 Å². The Kier molecular flexibility index (Phi) is 4.48. The molecule has 0 aliphatic carbocycles. The number of hydrogen-bond donors (Lipinski definition) is 0. The predicted molar refractivity (Wildman–Crippen MR) is 99.4 cm³/mol. The zero-order chi connectivity index (χ0) is 18.4. The third kappa shape index (κ3) is 3.19. The fourth-order valence-corrected chi connectivity index (χ4v) is 5.75. The minimum Gasteiger partial charge on any atom is -0.337 e. The van der Waals surface area contributed by atoms with E-state index in [1.165, 1.54) is 12.8 Å². The van der Waals surface area contributed by atoms with Crippen LogP contribution in [0, 0.1) is 17.6 Å². The van der Waals surface area contributed by atoms with E-state index in [1.807, 2.05) is 18.7 Å². The van der Waals surface area contributed by atoms with E-state index in [0.29, 0.717) is 12.1 Å². The first kappa shape index (κ1) is 17.3. The molecule has 0 amide bonds. The quantitative estimate of drug-likeness (QED) is 0.806. The Labute approximate surface area is 158 Å². The average Bonchev–Trinajstić information content (AvgIpc) is 3.31. The van der Waals surface area contributed by atoms with Gasteiger partial charge in [0, 0.05) is 56.1 Å². The van der Waals surface area contributed by atoms with Gasteiger partial charge >= 0.3 is 0 Å². The van der Waals surface area contributed by atoms with E-state index < -0.39 is 11.6 Å². The van der Waals surface area contributed by atoms with Crippen molar-refractivity contribution in [1.29, 1.82) is 0 Å². The molecule has 0 radical (unpaired) electrons. The number of likely N-dealkylation sites (tertiary alicyclic amines) is 1. The summed E-state index contributed by atoms with van der Waals surface area (Å²) in [5.74, 6) is -0.0136. The Hall–Kier alpha value is -1.79. The molecule has 2 bridgehead atoms. The molecule has 0 saturated carbocycles. The topological polar surface area (TPSA) is 24.3 Å². The highest BCUT2D eigenvalue weighted by Gasteiger charge is 2.53. The fraction of sp³-hybridized carbons (Fsp3) is 0.571. The summed E-state index contributed by atoms with van der Waals surface area (Å²) in [6, 6.07) is 4.98. The zero-order valence-corrected chi connectivity index (χ0v) is 15.5. The van der Waals surface area contributed by atoms with Crippen LogP contribution >= 0.6 is 0 Å². The Morgan fingerprint density at radius 1 is 1.00 bits per heavy atom. The number of aromatic nitrogens is 2. The standard InChI is InChI=1S/C21H26F2N4/c22-17-10-16(11-18(23)12-17)19-13-27(6-1-5-25-9-4-24-14-25)20-15-2-7-26(8-3-15)21(19)20/h4,9-12,14-15,19-21H,1-3,5-8,13H2/t19-,20+,21+/m0/s1. The van der Waals surface area contributed by atoms with Crippen LogP contribution in [-0.2, 0) is 6.54 Å². The van der Waals surface area contributed by atoms with Gasteiger partial charge in [-0.25, -0.2) is 13.8 Å². The van der Waals surface area contributed by atoms with Crippen molar-refractivity contribution in [3.05, 3.63) is 54.1 Å². The van der Waals surface area contributed by atoms with Gasteiger partial charge in [-0.05, 0) is 56.0 Å². The molecule has 4 saturated heterocycles. The largest absolute Gasteiger partial charge is 0.337 e. The summed E-state index contributed by atoms with van der Waals surface area (Å²) < 4.78 is 29.9. The lowest BCUT2D eigenvalue weighted by Gasteiger charge is -2.51. The Morgan fingerprint density at radius 3 is 2.48 bits per heavy atom. The number of imidazole rings is 1. The summed E-state index contributed by atoms with van der Waals surface area (Å²) in [5, 5.41) is 0. The summed E-state index contributed by atoms with van der Waals surface area (Å²) in [4.78, 5) is 9.29. The minimum atomic E-state index is -0.462. The number of aryl methyl sites for hydroxylation is 1. The van der Waals surface area contributed by atoms with Crippen LogP contribution in [0.2, 0.25) is 0 Å². The van der Waals surface area contributed by atoms with Crippen LogP contribution in [0.4, 0.5) is 8.78 Å². The van der Waals surface area contributed by atoms with Crippen molar-refractivity contribution in [3.63, 3.8) is 0 Å². The lowest BCUT2D eigenvalue weighted by atomic mass is 9.75. The third-order valence-electron chi connectivity index (χ3n) is 6.83. The summed E-state index contributed by atoms with van der Waals surface area (Å²) >= 11 is 0. The predicted octanol–water partition coefficient (Wildman–Crippen LogP) is 3.11. The fourth-order valence-electron chi connectivity index (χ4n) is 5.75. The van der Waals surface area contributed by atoms with E-state index in [9.17, 15) is 8.78 Å². The SMILES string of the molecule is Fc1cc(F)cc([C@@H]2CN(CCCn3ccnc3)[C@@H]3C4CCN(CC4)[C@@H]32)c1. The molecule has 6 rings (SSSR count). The first-order valence-electron chi connectivity index (χ1n) is 10.1. The van der Waals surface area contributed by atoms with Gasteiger partial charge in [0.1, 0.15) is 11.6 Å². The van der Waals surface area contributed by atoms with Crippen LogP contribution in [0.3, 0.4) is 0 Å². The molecule has 0 unspecified atom stereocenters. The number of hydrogen-bond acceptors (Lipinski definition) is 3. The number of benzene rings is 1. The lowest BCUT2D eigenvalue weighted by molar-refractivity contribution is -0.00695. The van der Waals surface area contributed by atoms with Gasteiger partial charge in [0.25, 0.3) is 0 Å². The summed E-state index contributed by atoms with van der Waals surface area (Å²) in [5.41, 5.74) is 0.826. The highest BCUT2D eigenvalue weighted by molar-refractivity contribution is 5.28.